The zero-order valence-corrected chi connectivity index (χ0v) is 19.5. The number of rotatable bonds is 6. The first-order valence-electron chi connectivity index (χ1n) is 12.1. The molecule has 1 aromatic carbocycles. The van der Waals surface area contributed by atoms with E-state index in [0.717, 1.165) is 41.5 Å². The molecule has 9 heteroatoms. The summed E-state index contributed by atoms with van der Waals surface area (Å²) in [6, 6.07) is 2.72. The Hall–Kier alpha value is -1.74. The molecule has 4 bridgehead atoms. The molecule has 1 aromatic rings. The van der Waals surface area contributed by atoms with E-state index in [0.29, 0.717) is 23.0 Å². The third-order valence-corrected chi connectivity index (χ3v) is 9.90. The van der Waals surface area contributed by atoms with E-state index in [-0.39, 0.29) is 30.7 Å². The third-order valence-electron chi connectivity index (χ3n) is 8.48. The Labute approximate surface area is 193 Å². The van der Waals surface area contributed by atoms with Gasteiger partial charge in [-0.15, -0.1) is 0 Å². The van der Waals surface area contributed by atoms with E-state index < -0.39 is 28.1 Å². The highest BCUT2D eigenvalue weighted by atomic mass is 32.2. The lowest BCUT2D eigenvalue weighted by atomic mass is 9.49. The van der Waals surface area contributed by atoms with Crippen molar-refractivity contribution < 1.29 is 26.7 Å². The Balaban J connectivity index is 1.24. The summed E-state index contributed by atoms with van der Waals surface area (Å²) < 4.78 is 61.9. The molecule has 1 aliphatic heterocycles. The van der Waals surface area contributed by atoms with Crippen LogP contribution in [0, 0.1) is 29.0 Å². The number of hydrogen-bond donors (Lipinski definition) is 1. The average Bonchev–Trinajstić information content (AvgIpc) is 3.51. The fourth-order valence-electron chi connectivity index (χ4n) is 7.11. The van der Waals surface area contributed by atoms with Gasteiger partial charge in [-0.1, -0.05) is 6.92 Å². The lowest BCUT2D eigenvalue weighted by Gasteiger charge is -2.58. The Morgan fingerprint density at radius 1 is 1.15 bits per heavy atom. The van der Waals surface area contributed by atoms with Gasteiger partial charge in [0.1, 0.15) is 23.8 Å². The summed E-state index contributed by atoms with van der Waals surface area (Å²) in [7, 11) is -4.19. The maximum atomic E-state index is 15.1. The van der Waals surface area contributed by atoms with Gasteiger partial charge in [0.2, 0.25) is 0 Å². The average molecular weight is 481 g/mol. The summed E-state index contributed by atoms with van der Waals surface area (Å²) in [5.41, 5.74) is 0.877. The summed E-state index contributed by atoms with van der Waals surface area (Å²) in [5.74, 6) is 0.608. The smallest absolute Gasteiger partial charge is 0.304 e. The van der Waals surface area contributed by atoms with Crippen LogP contribution in [0.2, 0.25) is 0 Å². The first-order valence-corrected chi connectivity index (χ1v) is 13.5. The van der Waals surface area contributed by atoms with E-state index in [4.69, 9.17) is 4.74 Å². The number of hydrogen-bond acceptors (Lipinski definition) is 4. The molecule has 7 rings (SSSR count). The molecule has 1 N–H and O–H groups in total. The maximum absolute atomic E-state index is 15.1. The topological polar surface area (TPSA) is 75.7 Å². The number of carbonyl (C=O) groups excluding carboxylic acids is 1. The van der Waals surface area contributed by atoms with Crippen LogP contribution in [0.15, 0.2) is 12.1 Å². The molecular weight excluding hydrogens is 450 g/mol. The van der Waals surface area contributed by atoms with Crippen LogP contribution < -0.4 is 9.46 Å². The molecule has 0 aromatic heterocycles. The lowest BCUT2D eigenvalue weighted by molar-refractivity contribution is -0.117. The number of carbonyl (C=O) groups is 1. The molecule has 1 amide bonds. The molecule has 6 aliphatic rings. The van der Waals surface area contributed by atoms with Gasteiger partial charge in [-0.25, -0.2) is 13.5 Å². The molecule has 1 saturated heterocycles. The number of alkyl halides is 1. The molecule has 5 saturated carbocycles. The van der Waals surface area contributed by atoms with Crippen molar-refractivity contribution in [1.29, 1.82) is 0 Å². The monoisotopic (exact) mass is 480 g/mol. The highest BCUT2D eigenvalue weighted by Crippen LogP contribution is 2.60. The van der Waals surface area contributed by atoms with Crippen molar-refractivity contribution in [3.05, 3.63) is 29.1 Å². The van der Waals surface area contributed by atoms with Gasteiger partial charge < -0.3 is 4.74 Å². The lowest BCUT2D eigenvalue weighted by Crippen LogP contribution is -2.56. The summed E-state index contributed by atoms with van der Waals surface area (Å²) >= 11 is 0. The molecule has 0 spiro atoms. The van der Waals surface area contributed by atoms with Gasteiger partial charge >= 0.3 is 10.2 Å². The molecule has 2 unspecified atom stereocenters. The van der Waals surface area contributed by atoms with Crippen LogP contribution in [-0.2, 0) is 10.2 Å². The van der Waals surface area contributed by atoms with Crippen LogP contribution in [0.25, 0.3) is 0 Å². The van der Waals surface area contributed by atoms with Crippen molar-refractivity contribution in [2.75, 3.05) is 13.1 Å². The molecule has 1 heterocycles. The van der Waals surface area contributed by atoms with Crippen LogP contribution >= 0.6 is 0 Å². The minimum absolute atomic E-state index is 0.0756. The van der Waals surface area contributed by atoms with E-state index in [1.54, 1.807) is 0 Å². The van der Waals surface area contributed by atoms with E-state index in [1.165, 1.54) is 31.4 Å². The molecule has 2 atom stereocenters. The number of nitrogens with one attached hydrogen (secondary N) is 1. The normalized spacial score (nSPS) is 36.0. The first kappa shape index (κ1) is 21.8. The van der Waals surface area contributed by atoms with E-state index in [2.05, 4.69) is 6.92 Å². The van der Waals surface area contributed by atoms with Crippen molar-refractivity contribution in [3.63, 3.8) is 0 Å². The van der Waals surface area contributed by atoms with Crippen LogP contribution in [0.4, 0.5) is 8.78 Å². The summed E-state index contributed by atoms with van der Waals surface area (Å²) in [6.45, 7) is 1.79. The van der Waals surface area contributed by atoms with E-state index >= 15 is 4.39 Å². The Kier molecular flexibility index (Phi) is 4.87. The predicted molar refractivity (Wildman–Crippen MR) is 117 cm³/mol. The Morgan fingerprint density at radius 2 is 1.82 bits per heavy atom. The standard InChI is InChI=1S/C24H30F2N2O4S/c1-24-8-13-4-15(9-24)22(16(5-13)10-24)32-21-7-20(26)19(6-18(21)14-2-3-14)23(29)27-33(30,31)28-11-17(25)12-28/h6-7,13-17,22H,2-5,8-12H2,1H3,(H,27,29). The third kappa shape index (κ3) is 3.85. The van der Waals surface area contributed by atoms with E-state index in [1.807, 2.05) is 4.72 Å². The van der Waals surface area contributed by atoms with Crippen LogP contribution in [0.1, 0.15) is 73.7 Å². The second-order valence-electron chi connectivity index (χ2n) is 11.4. The second-order valence-corrected chi connectivity index (χ2v) is 13.0. The minimum atomic E-state index is -4.19. The van der Waals surface area contributed by atoms with Crippen LogP contribution in [0.5, 0.6) is 5.75 Å². The largest absolute Gasteiger partial charge is 0.489 e. The molecule has 180 valence electrons. The minimum Gasteiger partial charge on any atom is -0.489 e. The van der Waals surface area contributed by atoms with Gasteiger partial charge in [0.15, 0.2) is 0 Å². The zero-order valence-electron chi connectivity index (χ0n) is 18.7. The quantitative estimate of drug-likeness (QED) is 0.670. The highest BCUT2D eigenvalue weighted by Gasteiger charge is 2.54. The summed E-state index contributed by atoms with van der Waals surface area (Å²) in [6.07, 6.45) is 6.67. The first-order chi connectivity index (χ1) is 15.6. The van der Waals surface area contributed by atoms with Gasteiger partial charge in [-0.3, -0.25) is 4.79 Å². The molecule has 0 radical (unpaired) electrons. The SMILES string of the molecule is CC12CC3CC(C1)C(Oc1cc(F)c(C(=O)NS(=O)(=O)N4CC(F)C4)cc1C1CC1)C(C3)C2. The van der Waals surface area contributed by atoms with Crippen molar-refractivity contribution in [3.8, 4) is 5.75 Å². The second kappa shape index (κ2) is 7.38. The Morgan fingerprint density at radius 3 is 2.39 bits per heavy atom. The highest BCUT2D eigenvalue weighted by molar-refractivity contribution is 7.87. The Bertz CT molecular complexity index is 1080. The molecular formula is C24H30F2N2O4S. The zero-order chi connectivity index (χ0) is 23.1. The maximum Gasteiger partial charge on any atom is 0.304 e. The van der Waals surface area contributed by atoms with Crippen molar-refractivity contribution in [2.24, 2.45) is 23.2 Å². The summed E-state index contributed by atoms with van der Waals surface area (Å²) in [5, 5.41) is 0. The molecule has 5 aliphatic carbocycles. The fourth-order valence-corrected chi connectivity index (χ4v) is 8.30. The predicted octanol–water partition coefficient (Wildman–Crippen LogP) is 3.93. The summed E-state index contributed by atoms with van der Waals surface area (Å²) in [4.78, 5) is 12.6. The molecule has 6 fully saturated rings. The van der Waals surface area contributed by atoms with Crippen LogP contribution in [-0.4, -0.2) is 44.0 Å². The number of benzene rings is 1. The molecule has 33 heavy (non-hydrogen) atoms. The van der Waals surface area contributed by atoms with Crippen molar-refractivity contribution in [2.45, 2.75) is 70.1 Å². The van der Waals surface area contributed by atoms with Gasteiger partial charge in [0.05, 0.1) is 5.56 Å². The van der Waals surface area contributed by atoms with Gasteiger partial charge in [0, 0.05) is 19.2 Å². The number of nitrogens with zero attached hydrogens (tertiary/aromatic N) is 1. The fraction of sp³-hybridized carbons (Fsp3) is 0.708. The number of ether oxygens (including phenoxy) is 1. The van der Waals surface area contributed by atoms with Gasteiger partial charge in [-0.2, -0.15) is 12.7 Å². The van der Waals surface area contributed by atoms with Gasteiger partial charge in [-0.05, 0) is 85.7 Å². The van der Waals surface area contributed by atoms with Crippen molar-refractivity contribution >= 4 is 16.1 Å². The van der Waals surface area contributed by atoms with Gasteiger partial charge in [0.25, 0.3) is 5.91 Å². The van der Waals surface area contributed by atoms with Crippen molar-refractivity contribution in [1.82, 2.24) is 9.03 Å². The van der Waals surface area contributed by atoms with E-state index in [9.17, 15) is 17.6 Å². The number of halogens is 2. The molecule has 6 nitrogen and oxygen atoms in total. The van der Waals surface area contributed by atoms with Crippen LogP contribution in [0.3, 0.4) is 0 Å². The number of amides is 1.